The Morgan fingerprint density at radius 1 is 1.50 bits per heavy atom. The van der Waals surface area contributed by atoms with Crippen LogP contribution in [0.25, 0.3) is 0 Å². The third kappa shape index (κ3) is 4.05. The fourth-order valence-corrected chi connectivity index (χ4v) is 4.26. The zero-order chi connectivity index (χ0) is 16.3. The number of carbonyl (C=O) groups is 1. The summed E-state index contributed by atoms with van der Waals surface area (Å²) in [6, 6.07) is 3.60. The van der Waals surface area contributed by atoms with Crippen molar-refractivity contribution in [3.63, 3.8) is 0 Å². The van der Waals surface area contributed by atoms with Gasteiger partial charge in [-0.25, -0.2) is 4.72 Å². The number of hydrogen-bond acceptors (Lipinski definition) is 6. The average molecular weight is 345 g/mol. The molecule has 2 rings (SSSR count). The normalized spacial score (nSPS) is 18.9. The minimum absolute atomic E-state index is 0.134. The van der Waals surface area contributed by atoms with Gasteiger partial charge in [-0.05, 0) is 30.9 Å². The Morgan fingerprint density at radius 3 is 2.77 bits per heavy atom. The summed E-state index contributed by atoms with van der Waals surface area (Å²) < 4.78 is 26.4. The minimum Gasteiger partial charge on any atom is -0.411 e. The minimum atomic E-state index is -3.71. The average Bonchev–Trinajstić information content (AvgIpc) is 2.95. The SMILES string of the molecule is CC(C)CC/C(=N/O)c1ccc(CN2CC(=O)NS2(=O)=O)s1. The Kier molecular flexibility index (Phi) is 5.20. The van der Waals surface area contributed by atoms with Crippen LogP contribution in [0.3, 0.4) is 0 Å². The van der Waals surface area contributed by atoms with Crippen LogP contribution in [-0.2, 0) is 21.5 Å². The zero-order valence-corrected chi connectivity index (χ0v) is 14.1. The molecule has 0 unspecified atom stereocenters. The molecule has 7 nitrogen and oxygen atoms in total. The number of hydrogen-bond donors (Lipinski definition) is 2. The number of oxime groups is 1. The van der Waals surface area contributed by atoms with E-state index < -0.39 is 16.1 Å². The number of carbonyl (C=O) groups excluding carboxylic acids is 1. The van der Waals surface area contributed by atoms with Gasteiger partial charge in [0.25, 0.3) is 0 Å². The molecule has 0 aliphatic carbocycles. The standard InChI is InChI=1S/C13H19N3O4S2/c1-9(2)3-5-11(14-18)12-6-4-10(21-12)7-16-8-13(17)15-22(16,19)20/h4,6,9,18H,3,5,7-8H2,1-2H3,(H,15,17)/b14-11-. The smallest absolute Gasteiger partial charge is 0.304 e. The third-order valence-electron chi connectivity index (χ3n) is 3.26. The van der Waals surface area contributed by atoms with Gasteiger partial charge in [-0.2, -0.15) is 12.7 Å². The maximum absolute atomic E-state index is 11.7. The van der Waals surface area contributed by atoms with E-state index in [1.165, 1.54) is 11.3 Å². The number of thiophene rings is 1. The molecule has 2 N–H and O–H groups in total. The lowest BCUT2D eigenvalue weighted by Gasteiger charge is -2.10. The van der Waals surface area contributed by atoms with Gasteiger partial charge in [-0.1, -0.05) is 19.0 Å². The Labute approximate surface area is 133 Å². The summed E-state index contributed by atoms with van der Waals surface area (Å²) in [5, 5.41) is 12.5. The summed E-state index contributed by atoms with van der Waals surface area (Å²) in [7, 11) is -3.71. The van der Waals surface area contributed by atoms with Gasteiger partial charge in [0.2, 0.25) is 5.91 Å². The largest absolute Gasteiger partial charge is 0.411 e. The van der Waals surface area contributed by atoms with Crippen molar-refractivity contribution in [2.75, 3.05) is 6.54 Å². The molecular formula is C13H19N3O4S2. The topological polar surface area (TPSA) is 99.1 Å². The zero-order valence-electron chi connectivity index (χ0n) is 12.4. The van der Waals surface area contributed by atoms with Crippen LogP contribution < -0.4 is 4.72 Å². The molecule has 22 heavy (non-hydrogen) atoms. The molecule has 1 saturated heterocycles. The van der Waals surface area contributed by atoms with E-state index in [0.29, 0.717) is 18.1 Å². The molecule has 1 aliphatic heterocycles. The molecule has 2 heterocycles. The van der Waals surface area contributed by atoms with Crippen LogP contribution >= 0.6 is 11.3 Å². The molecule has 1 fully saturated rings. The van der Waals surface area contributed by atoms with Crippen molar-refractivity contribution in [3.8, 4) is 0 Å². The fraction of sp³-hybridized carbons (Fsp3) is 0.538. The highest BCUT2D eigenvalue weighted by molar-refractivity contribution is 7.88. The van der Waals surface area contributed by atoms with Crippen LogP contribution in [0.15, 0.2) is 17.3 Å². The van der Waals surface area contributed by atoms with Gasteiger partial charge in [0.15, 0.2) is 0 Å². The Hall–Kier alpha value is -1.45. The van der Waals surface area contributed by atoms with Gasteiger partial charge in [0.05, 0.1) is 23.7 Å². The van der Waals surface area contributed by atoms with Crippen molar-refractivity contribution in [3.05, 3.63) is 21.9 Å². The lowest BCUT2D eigenvalue weighted by atomic mass is 10.0. The first-order valence-corrected chi connectivity index (χ1v) is 9.18. The molecule has 1 amide bonds. The summed E-state index contributed by atoms with van der Waals surface area (Å²) in [5.41, 5.74) is 0.600. The van der Waals surface area contributed by atoms with Crippen LogP contribution in [0.2, 0.25) is 0 Å². The summed E-state index contributed by atoms with van der Waals surface area (Å²) in [4.78, 5) is 12.8. The maximum atomic E-state index is 11.7. The van der Waals surface area contributed by atoms with E-state index in [0.717, 1.165) is 20.5 Å². The van der Waals surface area contributed by atoms with E-state index in [1.807, 2.05) is 10.8 Å². The van der Waals surface area contributed by atoms with Gasteiger partial charge in [0, 0.05) is 4.88 Å². The fourth-order valence-electron chi connectivity index (χ4n) is 2.07. The van der Waals surface area contributed by atoms with Crippen LogP contribution in [0.4, 0.5) is 0 Å². The van der Waals surface area contributed by atoms with E-state index in [-0.39, 0.29) is 13.1 Å². The molecule has 0 radical (unpaired) electrons. The molecule has 0 bridgehead atoms. The van der Waals surface area contributed by atoms with Crippen molar-refractivity contribution < 1.29 is 18.4 Å². The molecule has 1 aliphatic rings. The van der Waals surface area contributed by atoms with Gasteiger partial charge in [-0.3, -0.25) is 4.79 Å². The first kappa shape index (κ1) is 16.9. The lowest BCUT2D eigenvalue weighted by molar-refractivity contribution is -0.118. The van der Waals surface area contributed by atoms with Crippen molar-refractivity contribution >= 4 is 33.2 Å². The second-order valence-corrected chi connectivity index (χ2v) is 8.38. The molecule has 0 saturated carbocycles. The molecule has 0 spiro atoms. The van der Waals surface area contributed by atoms with Gasteiger partial charge in [0.1, 0.15) is 0 Å². The molecular weight excluding hydrogens is 326 g/mol. The van der Waals surface area contributed by atoms with Crippen molar-refractivity contribution in [2.24, 2.45) is 11.1 Å². The van der Waals surface area contributed by atoms with Gasteiger partial charge >= 0.3 is 10.2 Å². The van der Waals surface area contributed by atoms with Crippen LogP contribution in [0.1, 0.15) is 36.4 Å². The third-order valence-corrected chi connectivity index (χ3v) is 5.80. The monoisotopic (exact) mass is 345 g/mol. The van der Waals surface area contributed by atoms with E-state index in [9.17, 15) is 13.2 Å². The second kappa shape index (κ2) is 6.76. The molecule has 9 heteroatoms. The summed E-state index contributed by atoms with van der Waals surface area (Å²) in [5.74, 6) is -0.0191. The van der Waals surface area contributed by atoms with E-state index in [1.54, 1.807) is 6.07 Å². The van der Waals surface area contributed by atoms with E-state index in [4.69, 9.17) is 5.21 Å². The van der Waals surface area contributed by atoms with E-state index in [2.05, 4.69) is 19.0 Å². The quantitative estimate of drug-likeness (QED) is 0.464. The maximum Gasteiger partial charge on any atom is 0.304 e. The first-order chi connectivity index (χ1) is 10.3. The Bertz CT molecular complexity index is 679. The highest BCUT2D eigenvalue weighted by Crippen LogP contribution is 2.23. The van der Waals surface area contributed by atoms with E-state index >= 15 is 0 Å². The number of nitrogens with one attached hydrogen (secondary N) is 1. The number of rotatable bonds is 6. The summed E-state index contributed by atoms with van der Waals surface area (Å²) in [6.07, 6.45) is 1.57. The van der Waals surface area contributed by atoms with Crippen LogP contribution in [0.5, 0.6) is 0 Å². The molecule has 1 aromatic rings. The first-order valence-electron chi connectivity index (χ1n) is 6.92. The Morgan fingerprint density at radius 2 is 2.23 bits per heavy atom. The molecule has 0 aromatic carbocycles. The van der Waals surface area contributed by atoms with Crippen molar-refractivity contribution in [1.82, 2.24) is 9.03 Å². The summed E-state index contributed by atoms with van der Waals surface area (Å²) in [6.45, 7) is 4.16. The van der Waals surface area contributed by atoms with Crippen LogP contribution in [0, 0.1) is 5.92 Å². The molecule has 1 aromatic heterocycles. The predicted molar refractivity (Wildman–Crippen MR) is 84.2 cm³/mol. The van der Waals surface area contributed by atoms with Crippen LogP contribution in [-0.4, -0.2) is 36.1 Å². The lowest BCUT2D eigenvalue weighted by Crippen LogP contribution is -2.28. The van der Waals surface area contributed by atoms with Crippen molar-refractivity contribution in [1.29, 1.82) is 0 Å². The second-order valence-electron chi connectivity index (χ2n) is 5.54. The number of nitrogens with zero attached hydrogens (tertiary/aromatic N) is 2. The Balaban J connectivity index is 2.07. The van der Waals surface area contributed by atoms with Gasteiger partial charge < -0.3 is 5.21 Å². The highest BCUT2D eigenvalue weighted by Gasteiger charge is 2.33. The highest BCUT2D eigenvalue weighted by atomic mass is 32.2. The predicted octanol–water partition coefficient (Wildman–Crippen LogP) is 1.54. The molecule has 122 valence electrons. The molecule has 0 atom stereocenters. The van der Waals surface area contributed by atoms with Gasteiger partial charge in [-0.15, -0.1) is 11.3 Å². The van der Waals surface area contributed by atoms with Crippen molar-refractivity contribution in [2.45, 2.75) is 33.2 Å². The summed E-state index contributed by atoms with van der Waals surface area (Å²) >= 11 is 1.37. The number of amides is 1.